The van der Waals surface area contributed by atoms with E-state index < -0.39 is 0 Å². The van der Waals surface area contributed by atoms with Gasteiger partial charge in [0.2, 0.25) is 0 Å². The van der Waals surface area contributed by atoms with E-state index in [2.05, 4.69) is 12.6 Å². The summed E-state index contributed by atoms with van der Waals surface area (Å²) in [5.74, 6) is 0. The largest absolute Gasteiger partial charge is 0.192 e. The van der Waals surface area contributed by atoms with Crippen molar-refractivity contribution < 1.29 is 0 Å². The highest BCUT2D eigenvalue weighted by molar-refractivity contribution is 6.20. The van der Waals surface area contributed by atoms with Gasteiger partial charge in [-0.3, -0.25) is 0 Å². The van der Waals surface area contributed by atoms with E-state index in [1.54, 1.807) is 18.2 Å². The minimum Gasteiger partial charge on any atom is -0.192 e. The van der Waals surface area contributed by atoms with Crippen molar-refractivity contribution in [3.05, 3.63) is 48.0 Å². The molecule has 1 rings (SSSR count). The number of nitrogens with zero attached hydrogens (tertiary/aromatic N) is 1. The molecule has 0 spiro atoms. The lowest BCUT2D eigenvalue weighted by atomic mass is 10.1. The van der Waals surface area contributed by atoms with Gasteiger partial charge >= 0.3 is 0 Å². The van der Waals surface area contributed by atoms with Gasteiger partial charge in [0.25, 0.3) is 0 Å². The minimum atomic E-state index is -0.0368. The standard InChI is InChI=1S/C11H10ClN/c1-2-3-11(12)10-6-4-9(8-13)5-7-10/h2,4-7,11H,1,3H2. The first kappa shape index (κ1) is 9.83. The highest BCUT2D eigenvalue weighted by Crippen LogP contribution is 2.24. The fourth-order valence-corrected chi connectivity index (χ4v) is 1.32. The van der Waals surface area contributed by atoms with Gasteiger partial charge in [0.05, 0.1) is 17.0 Å². The van der Waals surface area contributed by atoms with Crippen LogP contribution in [0.2, 0.25) is 0 Å². The second-order valence-corrected chi connectivity index (χ2v) is 3.25. The summed E-state index contributed by atoms with van der Waals surface area (Å²) in [5.41, 5.74) is 1.69. The number of nitriles is 1. The molecule has 0 fully saturated rings. The van der Waals surface area contributed by atoms with Crippen molar-refractivity contribution in [1.29, 1.82) is 5.26 Å². The molecule has 1 aromatic rings. The predicted octanol–water partition coefficient (Wildman–Crippen LogP) is 3.41. The van der Waals surface area contributed by atoms with E-state index >= 15 is 0 Å². The number of hydrogen-bond acceptors (Lipinski definition) is 1. The van der Waals surface area contributed by atoms with Crippen LogP contribution < -0.4 is 0 Å². The quantitative estimate of drug-likeness (QED) is 0.531. The summed E-state index contributed by atoms with van der Waals surface area (Å²) < 4.78 is 0. The van der Waals surface area contributed by atoms with E-state index in [0.717, 1.165) is 12.0 Å². The number of benzene rings is 1. The monoisotopic (exact) mass is 191 g/mol. The minimum absolute atomic E-state index is 0.0368. The summed E-state index contributed by atoms with van der Waals surface area (Å²) in [4.78, 5) is 0. The summed E-state index contributed by atoms with van der Waals surface area (Å²) in [6, 6.07) is 9.35. The van der Waals surface area contributed by atoms with Crippen molar-refractivity contribution in [2.45, 2.75) is 11.8 Å². The molecule has 0 N–H and O–H groups in total. The summed E-state index contributed by atoms with van der Waals surface area (Å²) in [5, 5.41) is 8.53. The summed E-state index contributed by atoms with van der Waals surface area (Å²) >= 11 is 6.05. The maximum Gasteiger partial charge on any atom is 0.0991 e. The predicted molar refractivity (Wildman–Crippen MR) is 54.6 cm³/mol. The average Bonchev–Trinajstić information content (AvgIpc) is 2.18. The van der Waals surface area contributed by atoms with Crippen LogP contribution in [0.1, 0.15) is 22.9 Å². The Kier molecular flexibility index (Phi) is 3.54. The molecule has 0 amide bonds. The fraction of sp³-hybridized carbons (Fsp3) is 0.182. The third-order valence-electron chi connectivity index (χ3n) is 1.78. The van der Waals surface area contributed by atoms with E-state index in [4.69, 9.17) is 16.9 Å². The van der Waals surface area contributed by atoms with Crippen LogP contribution in [0.25, 0.3) is 0 Å². The van der Waals surface area contributed by atoms with Crippen molar-refractivity contribution in [2.75, 3.05) is 0 Å². The third-order valence-corrected chi connectivity index (χ3v) is 2.21. The van der Waals surface area contributed by atoms with Gasteiger partial charge in [-0.05, 0) is 24.1 Å². The molecule has 1 aromatic carbocycles. The summed E-state index contributed by atoms with van der Waals surface area (Å²) in [6.45, 7) is 3.62. The van der Waals surface area contributed by atoms with Crippen LogP contribution >= 0.6 is 11.6 Å². The van der Waals surface area contributed by atoms with Crippen LogP contribution in [0, 0.1) is 11.3 Å². The second kappa shape index (κ2) is 4.69. The molecule has 1 nitrogen and oxygen atoms in total. The van der Waals surface area contributed by atoms with Crippen molar-refractivity contribution in [3.63, 3.8) is 0 Å². The third kappa shape index (κ3) is 2.61. The normalized spacial score (nSPS) is 11.7. The molecule has 0 aliphatic heterocycles. The van der Waals surface area contributed by atoms with Gasteiger partial charge in [-0.25, -0.2) is 0 Å². The Morgan fingerprint density at radius 1 is 1.46 bits per heavy atom. The van der Waals surface area contributed by atoms with Gasteiger partial charge in [-0.2, -0.15) is 5.26 Å². The summed E-state index contributed by atoms with van der Waals surface area (Å²) in [6.07, 6.45) is 2.53. The number of halogens is 1. The number of hydrogen-bond donors (Lipinski definition) is 0. The molecule has 0 saturated heterocycles. The maximum atomic E-state index is 8.57. The van der Waals surface area contributed by atoms with Crippen molar-refractivity contribution >= 4 is 11.6 Å². The zero-order valence-electron chi connectivity index (χ0n) is 7.20. The molecule has 0 aliphatic carbocycles. The molecule has 2 heteroatoms. The number of rotatable bonds is 3. The molecular weight excluding hydrogens is 182 g/mol. The van der Waals surface area contributed by atoms with E-state index in [9.17, 15) is 0 Å². The molecule has 0 radical (unpaired) electrons. The lowest BCUT2D eigenvalue weighted by Gasteiger charge is -2.05. The average molecular weight is 192 g/mol. The number of allylic oxidation sites excluding steroid dienone is 1. The van der Waals surface area contributed by atoms with Gasteiger partial charge in [-0.15, -0.1) is 18.2 Å². The van der Waals surface area contributed by atoms with Gasteiger partial charge < -0.3 is 0 Å². The van der Waals surface area contributed by atoms with Crippen LogP contribution in [0.3, 0.4) is 0 Å². The van der Waals surface area contributed by atoms with E-state index in [1.165, 1.54) is 0 Å². The maximum absolute atomic E-state index is 8.57. The van der Waals surface area contributed by atoms with Gasteiger partial charge in [0, 0.05) is 0 Å². The number of alkyl halides is 1. The zero-order valence-corrected chi connectivity index (χ0v) is 7.96. The SMILES string of the molecule is C=CCC(Cl)c1ccc(C#N)cc1. The first-order chi connectivity index (χ1) is 6.27. The van der Waals surface area contributed by atoms with Crippen LogP contribution in [-0.2, 0) is 0 Å². The Balaban J connectivity index is 2.80. The van der Waals surface area contributed by atoms with E-state index in [1.807, 2.05) is 12.1 Å². The molecule has 0 saturated carbocycles. The molecular formula is C11H10ClN. The molecule has 0 heterocycles. The van der Waals surface area contributed by atoms with Crippen LogP contribution in [0.5, 0.6) is 0 Å². The molecule has 0 aliphatic rings. The zero-order chi connectivity index (χ0) is 9.68. The Bertz CT molecular complexity index is 321. The smallest absolute Gasteiger partial charge is 0.0991 e. The highest BCUT2D eigenvalue weighted by Gasteiger charge is 2.04. The Hall–Kier alpha value is -1.26. The highest BCUT2D eigenvalue weighted by atomic mass is 35.5. The Morgan fingerprint density at radius 3 is 2.54 bits per heavy atom. The second-order valence-electron chi connectivity index (χ2n) is 2.73. The van der Waals surface area contributed by atoms with Crippen molar-refractivity contribution in [1.82, 2.24) is 0 Å². The molecule has 13 heavy (non-hydrogen) atoms. The molecule has 66 valence electrons. The molecule has 1 unspecified atom stereocenters. The van der Waals surface area contributed by atoms with Crippen molar-refractivity contribution in [2.24, 2.45) is 0 Å². The van der Waals surface area contributed by atoms with Gasteiger partial charge in [0.15, 0.2) is 0 Å². The van der Waals surface area contributed by atoms with Crippen molar-refractivity contribution in [3.8, 4) is 6.07 Å². The van der Waals surface area contributed by atoms with Crippen LogP contribution in [-0.4, -0.2) is 0 Å². The lowest BCUT2D eigenvalue weighted by Crippen LogP contribution is -1.88. The van der Waals surface area contributed by atoms with Crippen LogP contribution in [0.4, 0.5) is 0 Å². The van der Waals surface area contributed by atoms with Gasteiger partial charge in [0.1, 0.15) is 0 Å². The first-order valence-electron chi connectivity index (χ1n) is 4.03. The Morgan fingerprint density at radius 2 is 2.08 bits per heavy atom. The topological polar surface area (TPSA) is 23.8 Å². The summed E-state index contributed by atoms with van der Waals surface area (Å²) in [7, 11) is 0. The van der Waals surface area contributed by atoms with Gasteiger partial charge in [-0.1, -0.05) is 18.2 Å². The van der Waals surface area contributed by atoms with Crippen LogP contribution in [0.15, 0.2) is 36.9 Å². The van der Waals surface area contributed by atoms with E-state index in [-0.39, 0.29) is 5.38 Å². The lowest BCUT2D eigenvalue weighted by molar-refractivity contribution is 0.958. The molecule has 0 aromatic heterocycles. The first-order valence-corrected chi connectivity index (χ1v) is 4.46. The fourth-order valence-electron chi connectivity index (χ4n) is 1.05. The Labute approximate surface area is 83.3 Å². The molecule has 0 bridgehead atoms. The molecule has 1 atom stereocenters. The van der Waals surface area contributed by atoms with E-state index in [0.29, 0.717) is 5.56 Å².